The maximum atomic E-state index is 12.3. The number of nitrogens with one attached hydrogen (secondary N) is 1. The minimum Gasteiger partial charge on any atom is -0.369 e. The third kappa shape index (κ3) is 5.42. The van der Waals surface area contributed by atoms with Crippen molar-refractivity contribution in [2.75, 3.05) is 37.6 Å². The zero-order chi connectivity index (χ0) is 20.1. The Kier molecular flexibility index (Phi) is 6.91. The first-order valence-electron chi connectivity index (χ1n) is 11.7. The van der Waals surface area contributed by atoms with E-state index in [1.165, 1.54) is 50.1 Å². The van der Waals surface area contributed by atoms with Crippen LogP contribution in [0.25, 0.3) is 0 Å². The van der Waals surface area contributed by atoms with E-state index in [0.29, 0.717) is 6.04 Å². The van der Waals surface area contributed by atoms with E-state index in [4.69, 9.17) is 0 Å². The van der Waals surface area contributed by atoms with Crippen molar-refractivity contribution in [3.05, 3.63) is 41.5 Å². The lowest BCUT2D eigenvalue weighted by Gasteiger charge is -2.38. The first kappa shape index (κ1) is 20.5. The van der Waals surface area contributed by atoms with E-state index in [1.54, 1.807) is 0 Å². The van der Waals surface area contributed by atoms with E-state index in [0.717, 1.165) is 56.7 Å². The van der Waals surface area contributed by atoms with Crippen molar-refractivity contribution in [1.29, 1.82) is 0 Å². The van der Waals surface area contributed by atoms with Crippen molar-refractivity contribution < 1.29 is 4.79 Å². The average Bonchev–Trinajstić information content (AvgIpc) is 3.29. The Morgan fingerprint density at radius 2 is 1.83 bits per heavy atom. The molecule has 4 heteroatoms. The van der Waals surface area contributed by atoms with Crippen LogP contribution in [0.5, 0.6) is 0 Å². The van der Waals surface area contributed by atoms with E-state index in [-0.39, 0.29) is 5.91 Å². The van der Waals surface area contributed by atoms with Gasteiger partial charge in [-0.05, 0) is 82.4 Å². The molecule has 0 bridgehead atoms. The third-order valence-corrected chi connectivity index (χ3v) is 7.20. The molecule has 1 amide bonds. The number of carbonyl (C=O) groups excluding carboxylic acids is 1. The topological polar surface area (TPSA) is 35.6 Å². The number of carbonyl (C=O) groups is 1. The first-order valence-corrected chi connectivity index (χ1v) is 11.7. The lowest BCUT2D eigenvalue weighted by atomic mass is 9.84. The lowest BCUT2D eigenvalue weighted by molar-refractivity contribution is -0.118. The predicted molar refractivity (Wildman–Crippen MR) is 120 cm³/mol. The van der Waals surface area contributed by atoms with Crippen LogP contribution in [-0.4, -0.2) is 49.6 Å². The fourth-order valence-corrected chi connectivity index (χ4v) is 5.25. The molecule has 1 aromatic carbocycles. The summed E-state index contributed by atoms with van der Waals surface area (Å²) in [6.07, 6.45) is 11.5. The number of anilines is 1. The Bertz CT molecular complexity index is 713. The zero-order valence-corrected chi connectivity index (χ0v) is 18.0. The molecule has 0 radical (unpaired) electrons. The molecule has 1 aliphatic heterocycles. The number of benzene rings is 1. The second kappa shape index (κ2) is 9.80. The Balaban J connectivity index is 1.13. The van der Waals surface area contributed by atoms with Crippen LogP contribution in [0.3, 0.4) is 0 Å². The van der Waals surface area contributed by atoms with Gasteiger partial charge >= 0.3 is 0 Å². The van der Waals surface area contributed by atoms with Crippen molar-refractivity contribution in [3.8, 4) is 0 Å². The van der Waals surface area contributed by atoms with Gasteiger partial charge in [0.15, 0.2) is 0 Å². The monoisotopic (exact) mass is 395 g/mol. The number of hydrogen-bond donors (Lipinski definition) is 1. The van der Waals surface area contributed by atoms with Gasteiger partial charge < -0.3 is 10.2 Å². The van der Waals surface area contributed by atoms with Gasteiger partial charge in [0, 0.05) is 43.5 Å². The van der Waals surface area contributed by atoms with E-state index in [1.807, 2.05) is 0 Å². The van der Waals surface area contributed by atoms with Gasteiger partial charge in [-0.15, -0.1) is 0 Å². The molecule has 1 N–H and O–H groups in total. The summed E-state index contributed by atoms with van der Waals surface area (Å²) >= 11 is 0. The highest BCUT2D eigenvalue weighted by Gasteiger charge is 2.25. The lowest BCUT2D eigenvalue weighted by Crippen LogP contribution is -2.47. The van der Waals surface area contributed by atoms with Crippen molar-refractivity contribution in [3.63, 3.8) is 0 Å². The molecule has 1 aromatic rings. The minimum absolute atomic E-state index is 0.206. The Hall–Kier alpha value is -1.81. The van der Waals surface area contributed by atoms with Gasteiger partial charge in [0.05, 0.1) is 0 Å². The quantitative estimate of drug-likeness (QED) is 0.780. The summed E-state index contributed by atoms with van der Waals surface area (Å²) in [5.41, 5.74) is 3.81. The first-order chi connectivity index (χ1) is 14.2. The highest BCUT2D eigenvalue weighted by molar-refractivity contribution is 5.93. The fourth-order valence-electron chi connectivity index (χ4n) is 5.25. The Labute approximate surface area is 176 Å². The molecular weight excluding hydrogens is 358 g/mol. The normalized spacial score (nSPS) is 25.7. The van der Waals surface area contributed by atoms with E-state index < -0.39 is 0 Å². The smallest absolute Gasteiger partial charge is 0.247 e. The zero-order valence-electron chi connectivity index (χ0n) is 18.0. The highest BCUT2D eigenvalue weighted by atomic mass is 16.1. The number of allylic oxidation sites excluding steroid dienone is 1. The molecule has 0 unspecified atom stereocenters. The van der Waals surface area contributed by atoms with Crippen molar-refractivity contribution in [2.24, 2.45) is 5.92 Å². The predicted octanol–water partition coefficient (Wildman–Crippen LogP) is 4.29. The molecule has 3 aliphatic rings. The number of aryl methyl sites for hydroxylation is 1. The van der Waals surface area contributed by atoms with Crippen LogP contribution in [0.2, 0.25) is 0 Å². The van der Waals surface area contributed by atoms with Gasteiger partial charge in [-0.2, -0.15) is 0 Å². The number of hydrogen-bond acceptors (Lipinski definition) is 3. The van der Waals surface area contributed by atoms with Gasteiger partial charge in [-0.1, -0.05) is 24.3 Å². The minimum atomic E-state index is 0.206. The Morgan fingerprint density at radius 3 is 2.52 bits per heavy atom. The molecule has 158 valence electrons. The maximum Gasteiger partial charge on any atom is 0.247 e. The molecule has 2 aliphatic carbocycles. The average molecular weight is 396 g/mol. The number of para-hydroxylation sites is 1. The van der Waals surface area contributed by atoms with Gasteiger partial charge in [0.2, 0.25) is 5.91 Å². The number of piperazine rings is 1. The van der Waals surface area contributed by atoms with Crippen LogP contribution in [0.4, 0.5) is 5.69 Å². The summed E-state index contributed by atoms with van der Waals surface area (Å²) in [6.45, 7) is 8.07. The molecule has 1 saturated carbocycles. The SMILES string of the molecule is Cc1ccccc1N1CCN(CCC2CCC(NC(=O)C3=CCCC3)CC2)CC1. The number of amides is 1. The van der Waals surface area contributed by atoms with Crippen LogP contribution < -0.4 is 10.2 Å². The summed E-state index contributed by atoms with van der Waals surface area (Å²) in [5.74, 6) is 1.04. The van der Waals surface area contributed by atoms with Crippen LogP contribution in [0.1, 0.15) is 56.9 Å². The summed E-state index contributed by atoms with van der Waals surface area (Å²) in [4.78, 5) is 17.5. The van der Waals surface area contributed by atoms with Crippen molar-refractivity contribution in [1.82, 2.24) is 10.2 Å². The molecule has 2 fully saturated rings. The summed E-state index contributed by atoms with van der Waals surface area (Å²) in [7, 11) is 0. The molecule has 0 spiro atoms. The molecular formula is C25H37N3O. The summed E-state index contributed by atoms with van der Waals surface area (Å²) in [6, 6.07) is 9.15. The van der Waals surface area contributed by atoms with E-state index in [9.17, 15) is 4.79 Å². The maximum absolute atomic E-state index is 12.3. The van der Waals surface area contributed by atoms with Crippen LogP contribution in [-0.2, 0) is 4.79 Å². The van der Waals surface area contributed by atoms with Crippen molar-refractivity contribution in [2.45, 2.75) is 64.3 Å². The molecule has 29 heavy (non-hydrogen) atoms. The van der Waals surface area contributed by atoms with Gasteiger partial charge in [0.25, 0.3) is 0 Å². The van der Waals surface area contributed by atoms with E-state index >= 15 is 0 Å². The van der Waals surface area contributed by atoms with Crippen LogP contribution in [0.15, 0.2) is 35.9 Å². The molecule has 0 atom stereocenters. The van der Waals surface area contributed by atoms with Gasteiger partial charge in [-0.3, -0.25) is 9.69 Å². The molecule has 1 heterocycles. The van der Waals surface area contributed by atoms with Crippen LogP contribution >= 0.6 is 0 Å². The largest absolute Gasteiger partial charge is 0.369 e. The third-order valence-electron chi connectivity index (χ3n) is 7.20. The molecule has 1 saturated heterocycles. The van der Waals surface area contributed by atoms with Crippen molar-refractivity contribution >= 4 is 11.6 Å². The molecule has 0 aromatic heterocycles. The molecule has 4 nitrogen and oxygen atoms in total. The van der Waals surface area contributed by atoms with Gasteiger partial charge in [-0.25, -0.2) is 0 Å². The second-order valence-corrected chi connectivity index (χ2v) is 9.22. The summed E-state index contributed by atoms with van der Waals surface area (Å²) in [5, 5.41) is 3.29. The summed E-state index contributed by atoms with van der Waals surface area (Å²) < 4.78 is 0. The highest BCUT2D eigenvalue weighted by Crippen LogP contribution is 2.28. The second-order valence-electron chi connectivity index (χ2n) is 9.22. The van der Waals surface area contributed by atoms with Gasteiger partial charge in [0.1, 0.15) is 0 Å². The fraction of sp³-hybridized carbons (Fsp3) is 0.640. The Morgan fingerprint density at radius 1 is 1.07 bits per heavy atom. The van der Waals surface area contributed by atoms with E-state index in [2.05, 4.69) is 52.4 Å². The number of rotatable bonds is 6. The standard InChI is InChI=1S/C25H37N3O/c1-20-6-2-5-9-24(20)28-18-16-27(17-19-28)15-14-21-10-12-23(13-11-21)26-25(29)22-7-3-4-8-22/h2,5-7,9,21,23H,3-4,8,10-19H2,1H3,(H,26,29). The number of nitrogens with zero attached hydrogens (tertiary/aromatic N) is 2. The molecule has 4 rings (SSSR count). The van der Waals surface area contributed by atoms with Crippen LogP contribution in [0, 0.1) is 12.8 Å².